The van der Waals surface area contributed by atoms with Gasteiger partial charge >= 0.3 is 5.97 Å². The average Bonchev–Trinajstić information content (AvgIpc) is 2.17. The van der Waals surface area contributed by atoms with Gasteiger partial charge in [-0.2, -0.15) is 0 Å². The van der Waals surface area contributed by atoms with Crippen LogP contribution in [0, 0.1) is 0 Å². The molecule has 0 rings (SSSR count). The number of rotatable bonds is 9. The summed E-state index contributed by atoms with van der Waals surface area (Å²) in [6, 6.07) is -1.08. The SMILES string of the molecule is CCCC(NS(=O)(=O)CCCCF)C(=O)O. The van der Waals surface area contributed by atoms with E-state index in [1.165, 1.54) is 0 Å². The Hall–Kier alpha value is -0.690. The topological polar surface area (TPSA) is 83.5 Å². The Kier molecular flexibility index (Phi) is 7.24. The second kappa shape index (κ2) is 7.56. The number of hydrogen-bond donors (Lipinski definition) is 2. The molecule has 1 atom stereocenters. The molecule has 7 heteroatoms. The van der Waals surface area contributed by atoms with Crippen molar-refractivity contribution < 1.29 is 22.7 Å². The Bertz CT molecular complexity index is 305. The maximum absolute atomic E-state index is 11.8. The molecule has 0 aliphatic carbocycles. The van der Waals surface area contributed by atoms with E-state index in [1.807, 2.05) is 0 Å². The van der Waals surface area contributed by atoms with Gasteiger partial charge in [-0.15, -0.1) is 0 Å². The van der Waals surface area contributed by atoms with Crippen LogP contribution in [0.25, 0.3) is 0 Å². The molecule has 0 bridgehead atoms. The number of nitrogens with one attached hydrogen (secondary N) is 1. The Labute approximate surface area is 95.1 Å². The maximum atomic E-state index is 11.8. The van der Waals surface area contributed by atoms with Crippen LogP contribution in [-0.2, 0) is 14.8 Å². The summed E-state index contributed by atoms with van der Waals surface area (Å²) in [4.78, 5) is 10.7. The Balaban J connectivity index is 4.25. The van der Waals surface area contributed by atoms with Gasteiger partial charge in [0.05, 0.1) is 12.4 Å². The Morgan fingerprint density at radius 1 is 1.44 bits per heavy atom. The number of aliphatic carboxylic acids is 1. The number of carbonyl (C=O) groups is 1. The highest BCUT2D eigenvalue weighted by Gasteiger charge is 2.22. The van der Waals surface area contributed by atoms with Crippen LogP contribution >= 0.6 is 0 Å². The molecule has 0 fully saturated rings. The number of carboxylic acids is 1. The minimum atomic E-state index is -3.62. The number of unbranched alkanes of at least 4 members (excludes halogenated alkanes) is 1. The van der Waals surface area contributed by atoms with Gasteiger partial charge in [0.1, 0.15) is 6.04 Å². The summed E-state index contributed by atoms with van der Waals surface area (Å²) in [5.41, 5.74) is 0. The molecule has 16 heavy (non-hydrogen) atoms. The van der Waals surface area contributed by atoms with Gasteiger partial charge in [-0.1, -0.05) is 13.3 Å². The molecule has 0 saturated heterocycles. The summed E-state index contributed by atoms with van der Waals surface area (Å²) in [6.07, 6.45) is 1.19. The number of halogens is 1. The minimum absolute atomic E-state index is 0.173. The third kappa shape index (κ3) is 6.73. The third-order valence-corrected chi connectivity index (χ3v) is 3.46. The van der Waals surface area contributed by atoms with Crippen molar-refractivity contribution in [2.24, 2.45) is 0 Å². The number of carboxylic acid groups (broad SMARTS) is 1. The van der Waals surface area contributed by atoms with Gasteiger partial charge in [-0.25, -0.2) is 13.1 Å². The van der Waals surface area contributed by atoms with Crippen LogP contribution in [0.5, 0.6) is 0 Å². The number of alkyl halides is 1. The molecule has 0 aromatic rings. The van der Waals surface area contributed by atoms with Crippen molar-refractivity contribution in [3.05, 3.63) is 0 Å². The number of sulfonamides is 1. The second-order valence-corrected chi connectivity index (χ2v) is 5.39. The lowest BCUT2D eigenvalue weighted by Crippen LogP contribution is -2.41. The van der Waals surface area contributed by atoms with Crippen LogP contribution in [0.4, 0.5) is 4.39 Å². The van der Waals surface area contributed by atoms with Gasteiger partial charge in [-0.3, -0.25) is 9.18 Å². The van der Waals surface area contributed by atoms with Crippen molar-refractivity contribution >= 4 is 16.0 Å². The highest BCUT2D eigenvalue weighted by atomic mass is 32.2. The molecule has 0 radical (unpaired) electrons. The van der Waals surface area contributed by atoms with E-state index in [4.69, 9.17) is 5.11 Å². The van der Waals surface area contributed by atoms with Crippen molar-refractivity contribution in [1.82, 2.24) is 4.72 Å². The van der Waals surface area contributed by atoms with Crippen LogP contribution in [0.3, 0.4) is 0 Å². The van der Waals surface area contributed by atoms with Gasteiger partial charge in [0.25, 0.3) is 0 Å². The minimum Gasteiger partial charge on any atom is -0.480 e. The maximum Gasteiger partial charge on any atom is 0.321 e. The van der Waals surface area contributed by atoms with Crippen LogP contribution in [0.1, 0.15) is 32.6 Å². The van der Waals surface area contributed by atoms with Gasteiger partial charge in [0.15, 0.2) is 0 Å². The monoisotopic (exact) mass is 255 g/mol. The zero-order chi connectivity index (χ0) is 12.6. The van der Waals surface area contributed by atoms with Crippen LogP contribution in [0.15, 0.2) is 0 Å². The van der Waals surface area contributed by atoms with E-state index in [9.17, 15) is 17.6 Å². The van der Waals surface area contributed by atoms with E-state index in [2.05, 4.69) is 4.72 Å². The zero-order valence-corrected chi connectivity index (χ0v) is 10.1. The van der Waals surface area contributed by atoms with E-state index in [-0.39, 0.29) is 25.0 Å². The summed E-state index contributed by atoms with van der Waals surface area (Å²) >= 11 is 0. The summed E-state index contributed by atoms with van der Waals surface area (Å²) in [6.45, 7) is 1.21. The first kappa shape index (κ1) is 15.3. The molecule has 0 aliphatic rings. The summed E-state index contributed by atoms with van der Waals surface area (Å²) < 4.78 is 36.7. The van der Waals surface area contributed by atoms with Gasteiger partial charge in [0.2, 0.25) is 10.0 Å². The van der Waals surface area contributed by atoms with E-state index in [0.717, 1.165) is 0 Å². The lowest BCUT2D eigenvalue weighted by Gasteiger charge is -2.13. The number of hydrogen-bond acceptors (Lipinski definition) is 3. The van der Waals surface area contributed by atoms with Crippen LogP contribution in [-0.4, -0.2) is 38.0 Å². The first-order chi connectivity index (χ1) is 7.43. The molecule has 96 valence electrons. The van der Waals surface area contributed by atoms with Crippen molar-refractivity contribution in [3.63, 3.8) is 0 Å². The van der Waals surface area contributed by atoms with Crippen molar-refractivity contribution in [2.45, 2.75) is 38.6 Å². The molecular weight excluding hydrogens is 237 g/mol. The predicted molar refractivity (Wildman–Crippen MR) is 58.5 cm³/mol. The molecule has 0 saturated carbocycles. The molecule has 0 heterocycles. The van der Waals surface area contributed by atoms with Crippen LogP contribution < -0.4 is 4.72 Å². The van der Waals surface area contributed by atoms with Crippen LogP contribution in [0.2, 0.25) is 0 Å². The molecule has 1 unspecified atom stereocenters. The van der Waals surface area contributed by atoms with Crippen molar-refractivity contribution in [2.75, 3.05) is 12.4 Å². The highest BCUT2D eigenvalue weighted by molar-refractivity contribution is 7.89. The van der Waals surface area contributed by atoms with Gasteiger partial charge in [0, 0.05) is 0 Å². The zero-order valence-electron chi connectivity index (χ0n) is 9.28. The summed E-state index contributed by atoms with van der Waals surface area (Å²) in [5.74, 6) is -1.42. The van der Waals surface area contributed by atoms with Gasteiger partial charge < -0.3 is 5.11 Å². The first-order valence-electron chi connectivity index (χ1n) is 5.21. The summed E-state index contributed by atoms with van der Waals surface area (Å²) in [7, 11) is -3.62. The largest absolute Gasteiger partial charge is 0.480 e. The van der Waals surface area contributed by atoms with E-state index in [0.29, 0.717) is 6.42 Å². The lowest BCUT2D eigenvalue weighted by atomic mass is 10.2. The van der Waals surface area contributed by atoms with E-state index in [1.54, 1.807) is 6.92 Å². The Morgan fingerprint density at radius 3 is 2.50 bits per heavy atom. The fourth-order valence-corrected chi connectivity index (χ4v) is 2.54. The first-order valence-corrected chi connectivity index (χ1v) is 6.87. The fraction of sp³-hybridized carbons (Fsp3) is 0.889. The molecule has 0 aromatic carbocycles. The molecule has 0 amide bonds. The fourth-order valence-electron chi connectivity index (χ4n) is 1.18. The molecule has 0 aliphatic heterocycles. The molecule has 0 spiro atoms. The second-order valence-electron chi connectivity index (χ2n) is 3.51. The smallest absolute Gasteiger partial charge is 0.321 e. The molecule has 0 aromatic heterocycles. The van der Waals surface area contributed by atoms with Crippen molar-refractivity contribution in [1.29, 1.82) is 0 Å². The summed E-state index contributed by atoms with van der Waals surface area (Å²) in [5, 5.41) is 8.75. The molecule has 2 N–H and O–H groups in total. The quantitative estimate of drug-likeness (QED) is 0.600. The Morgan fingerprint density at radius 2 is 2.06 bits per heavy atom. The highest BCUT2D eigenvalue weighted by Crippen LogP contribution is 2.02. The average molecular weight is 255 g/mol. The molecule has 5 nitrogen and oxygen atoms in total. The molecular formula is C9H18FNO4S. The lowest BCUT2D eigenvalue weighted by molar-refractivity contribution is -0.139. The standard InChI is InChI=1S/C9H18FNO4S/c1-2-5-8(9(12)13)11-16(14,15)7-4-3-6-10/h8,11H,2-7H2,1H3,(H,12,13). The normalized spacial score (nSPS) is 13.6. The van der Waals surface area contributed by atoms with Gasteiger partial charge in [-0.05, 0) is 19.3 Å². The van der Waals surface area contributed by atoms with Crippen molar-refractivity contribution in [3.8, 4) is 0 Å². The predicted octanol–water partition coefficient (Wildman–Crippen LogP) is 0.909. The third-order valence-electron chi connectivity index (χ3n) is 1.99. The van der Waals surface area contributed by atoms with E-state index < -0.39 is 28.7 Å². The van der Waals surface area contributed by atoms with E-state index >= 15 is 0 Å².